The fraction of sp³-hybridized carbons (Fsp3) is 0.222. The highest BCUT2D eigenvalue weighted by molar-refractivity contribution is 9.10. The molecule has 0 radical (unpaired) electrons. The molecule has 25 nitrogen and oxygen atoms in total. The average molecular weight is 1880 g/mol. The third-order valence-electron chi connectivity index (χ3n) is 22.4. The van der Waals surface area contributed by atoms with Crippen LogP contribution in [0.25, 0.3) is 0 Å². The molecule has 8 heterocycles. The maximum absolute atomic E-state index is 13.2. The van der Waals surface area contributed by atoms with Gasteiger partial charge < -0.3 is 56.3 Å². The lowest BCUT2D eigenvalue weighted by atomic mass is 9.97. The Labute approximate surface area is 773 Å². The highest BCUT2D eigenvalue weighted by atomic mass is 79.9. The van der Waals surface area contributed by atoms with Crippen molar-refractivity contribution >= 4 is 133 Å². The van der Waals surface area contributed by atoms with E-state index in [2.05, 4.69) is 38.0 Å². The van der Waals surface area contributed by atoms with Gasteiger partial charge in [-0.15, -0.1) is 0 Å². The number of rotatable bonds is 22. The molecular weight excluding hydrogens is 1790 g/mol. The van der Waals surface area contributed by atoms with Crippen LogP contribution in [0.4, 0.5) is 23.1 Å². The lowest BCUT2D eigenvalue weighted by molar-refractivity contribution is -0.118. The standard InChI is InChI=1S/C28H28ClN3O4.C24H22ClN3O3.C24H21ClN2O3.C23H19BrClN3O4/c1-16-8-17(2)10-21(9-16)36-25-14-20(29)5-6-22(25)19-13-27(33)32(15-19)26-12-18(28(30)34)11-23(31-26)24-4-3-7-35-24;1-14-7-15(2)9-19(8-14)31-21-12-18(25)3-4-20(21)17-11-23(29)28(13-17)22-10-16(24(26)30)5-6-27-22;1-15-5-2-3-8-21(15)30-22-13-18(25)9-10-20(22)17-12-23(28)27(14-17)19-7-4-6-16(11-19)24(26)29;1-31-18-5-2-15(24)10-20(18)32-19-11-16(25)3-4-17(19)14-9-22(29)28(12-14)21-8-13(23(26)30)6-7-27-21/h5-6,8-12,14,19,24H,3-4,7,13,15H2,1-2H3,(H2,30,34);3-10,12,17H,11,13H2,1-2H3,(H2,26,30);2-11,13,17H,12,14H2,1H3,(H2,26,29);2-8,10-11,14H,9,12H2,1H3,(H2,26,30)/t19-,24?;2*17-;14-/m0000/s1. The number of carbonyl (C=O) groups excluding carboxylic acids is 8. The van der Waals surface area contributed by atoms with Crippen molar-refractivity contribution in [2.45, 2.75) is 103 Å². The first-order valence-corrected chi connectivity index (χ1v) is 43.7. The number of hydrogen-bond donors (Lipinski definition) is 4. The minimum Gasteiger partial charge on any atom is -0.493 e. The minimum absolute atomic E-state index is 0.0154. The fourth-order valence-corrected chi connectivity index (χ4v) is 17.2. The van der Waals surface area contributed by atoms with Gasteiger partial charge in [0.2, 0.25) is 47.3 Å². The van der Waals surface area contributed by atoms with Gasteiger partial charge in [-0.25, -0.2) is 15.0 Å². The lowest BCUT2D eigenvalue weighted by Gasteiger charge is -2.20. The van der Waals surface area contributed by atoms with E-state index in [1.807, 2.05) is 120 Å². The Morgan fingerprint density at radius 3 is 1.22 bits per heavy atom. The Morgan fingerprint density at radius 1 is 0.395 bits per heavy atom. The van der Waals surface area contributed by atoms with Gasteiger partial charge in [0.05, 0.1) is 18.9 Å². The van der Waals surface area contributed by atoms with E-state index in [0.717, 1.165) is 78.9 Å². The van der Waals surface area contributed by atoms with Gasteiger partial charge in [0.25, 0.3) is 0 Å². The summed E-state index contributed by atoms with van der Waals surface area (Å²) in [5, 5.41) is 2.18. The van der Waals surface area contributed by atoms with Crippen LogP contribution in [0.1, 0.15) is 165 Å². The second-order valence-electron chi connectivity index (χ2n) is 31.9. The molecular formula is C99H90BrCl4N11O14. The molecule has 5 aliphatic rings. The molecule has 5 atom stereocenters. The van der Waals surface area contributed by atoms with Gasteiger partial charge in [-0.1, -0.05) is 123 Å². The molecule has 5 aliphatic heterocycles. The maximum atomic E-state index is 13.2. The molecule has 660 valence electrons. The summed E-state index contributed by atoms with van der Waals surface area (Å²) in [5.41, 5.74) is 33.2. The van der Waals surface area contributed by atoms with Crippen LogP contribution in [0.3, 0.4) is 0 Å². The van der Waals surface area contributed by atoms with Gasteiger partial charge in [-0.3, -0.25) is 53.1 Å². The molecule has 30 heteroatoms. The number of methoxy groups -OCH3 is 1. The zero-order valence-electron chi connectivity index (χ0n) is 71.1. The lowest BCUT2D eigenvalue weighted by Crippen LogP contribution is -2.27. The van der Waals surface area contributed by atoms with Crippen molar-refractivity contribution in [2.24, 2.45) is 22.9 Å². The smallest absolute Gasteiger partial charge is 0.248 e. The van der Waals surface area contributed by atoms with Crippen LogP contribution >= 0.6 is 62.3 Å². The number of benzene rings is 9. The van der Waals surface area contributed by atoms with Gasteiger partial charge in [-0.2, -0.15) is 0 Å². The van der Waals surface area contributed by atoms with E-state index in [1.165, 1.54) is 36.7 Å². The second-order valence-corrected chi connectivity index (χ2v) is 34.6. The Balaban J connectivity index is 0.000000139. The zero-order chi connectivity index (χ0) is 91.6. The third kappa shape index (κ3) is 22.7. The van der Waals surface area contributed by atoms with Crippen molar-refractivity contribution in [2.75, 3.05) is 59.5 Å². The first-order valence-electron chi connectivity index (χ1n) is 41.4. The molecule has 12 aromatic rings. The number of hydrogen-bond acceptors (Lipinski definition) is 17. The fourth-order valence-electron chi connectivity index (χ4n) is 16.2. The number of nitrogens with two attached hydrogens (primary N) is 4. The summed E-state index contributed by atoms with van der Waals surface area (Å²) in [6, 6.07) is 63.2. The number of pyridine rings is 3. The van der Waals surface area contributed by atoms with Crippen molar-refractivity contribution in [1.82, 2.24) is 15.0 Å². The van der Waals surface area contributed by atoms with Crippen LogP contribution in [-0.4, -0.2) is 102 Å². The normalized spacial score (nSPS) is 16.9. The van der Waals surface area contributed by atoms with Crippen molar-refractivity contribution < 1.29 is 66.8 Å². The summed E-state index contributed by atoms with van der Waals surface area (Å²) in [6.45, 7) is 12.4. The zero-order valence-corrected chi connectivity index (χ0v) is 75.7. The molecule has 8 N–H and O–H groups in total. The van der Waals surface area contributed by atoms with Crippen molar-refractivity contribution in [3.63, 3.8) is 0 Å². The summed E-state index contributed by atoms with van der Waals surface area (Å²) in [4.78, 5) is 118. The maximum Gasteiger partial charge on any atom is 0.248 e. The van der Waals surface area contributed by atoms with Gasteiger partial charge >= 0.3 is 0 Å². The number of primary amides is 4. The first-order chi connectivity index (χ1) is 61.8. The second kappa shape index (κ2) is 40.8. The molecule has 1 unspecified atom stereocenters. The van der Waals surface area contributed by atoms with Crippen molar-refractivity contribution in [3.8, 4) is 51.7 Å². The third-order valence-corrected chi connectivity index (χ3v) is 23.8. The molecule has 129 heavy (non-hydrogen) atoms. The van der Waals surface area contributed by atoms with Crippen LogP contribution in [0, 0.1) is 34.6 Å². The molecule has 3 aromatic heterocycles. The van der Waals surface area contributed by atoms with Gasteiger partial charge in [-0.05, 0) is 227 Å². The van der Waals surface area contributed by atoms with Gasteiger partial charge in [0.1, 0.15) is 57.7 Å². The molecule has 0 bridgehead atoms. The highest BCUT2D eigenvalue weighted by Gasteiger charge is 2.40. The number of anilines is 4. The predicted octanol–water partition coefficient (Wildman–Crippen LogP) is 20.4. The molecule has 0 aliphatic carbocycles. The van der Waals surface area contributed by atoms with E-state index in [1.54, 1.807) is 118 Å². The number of aryl methyl sites for hydroxylation is 5. The first kappa shape index (κ1) is 92.0. The van der Waals surface area contributed by atoms with Crippen LogP contribution in [0.5, 0.6) is 51.7 Å². The minimum atomic E-state index is -0.576. The van der Waals surface area contributed by atoms with E-state index in [0.29, 0.717) is 157 Å². The molecule has 17 rings (SSSR count). The largest absolute Gasteiger partial charge is 0.493 e. The Kier molecular flexibility index (Phi) is 29.1. The molecule has 8 amide bonds. The predicted molar refractivity (Wildman–Crippen MR) is 500 cm³/mol. The van der Waals surface area contributed by atoms with Gasteiger partial charge in [0, 0.05) is 169 Å². The number of aromatic nitrogens is 3. The van der Waals surface area contributed by atoms with Crippen molar-refractivity contribution in [1.29, 1.82) is 0 Å². The van der Waals surface area contributed by atoms with Crippen LogP contribution in [-0.2, 0) is 23.9 Å². The van der Waals surface area contributed by atoms with E-state index in [9.17, 15) is 38.4 Å². The topological polar surface area (TPSA) is 348 Å². The number of para-hydroxylation sites is 1. The summed E-state index contributed by atoms with van der Waals surface area (Å²) >= 11 is 28.5. The highest BCUT2D eigenvalue weighted by Crippen LogP contribution is 2.47. The van der Waals surface area contributed by atoms with Crippen LogP contribution in [0.2, 0.25) is 20.1 Å². The number of nitrogens with zero attached hydrogens (tertiary/aromatic N) is 7. The van der Waals surface area contributed by atoms with E-state index in [4.69, 9.17) is 103 Å². The van der Waals surface area contributed by atoms with Crippen molar-refractivity contribution in [3.05, 3.63) is 327 Å². The molecule has 0 saturated carbocycles. The van der Waals surface area contributed by atoms with Crippen LogP contribution < -0.4 is 66.2 Å². The summed E-state index contributed by atoms with van der Waals surface area (Å²) in [7, 11) is 1.57. The molecule has 9 aromatic carbocycles. The van der Waals surface area contributed by atoms with Gasteiger partial charge in [0.15, 0.2) is 11.5 Å². The summed E-state index contributed by atoms with van der Waals surface area (Å²) in [6.07, 6.45) is 5.66. The number of carbonyl (C=O) groups is 8. The summed E-state index contributed by atoms with van der Waals surface area (Å²) in [5.74, 6) is 3.91. The Morgan fingerprint density at radius 2 is 0.798 bits per heavy atom. The number of ether oxygens (including phenoxy) is 6. The number of amides is 8. The Hall–Kier alpha value is -13.2. The summed E-state index contributed by atoms with van der Waals surface area (Å²) < 4.78 is 36.8. The van der Waals surface area contributed by atoms with E-state index < -0.39 is 23.6 Å². The van der Waals surface area contributed by atoms with E-state index in [-0.39, 0.29) is 66.2 Å². The molecule has 5 saturated heterocycles. The quantitative estimate of drug-likeness (QED) is 0.0490. The molecule has 0 spiro atoms. The monoisotopic (exact) mass is 1880 g/mol. The average Bonchev–Trinajstić information content (AvgIpc) is 1.66. The molecule has 5 fully saturated rings. The Bertz CT molecular complexity index is 6320. The van der Waals surface area contributed by atoms with E-state index >= 15 is 0 Å². The SMILES string of the molecule is COc1ccc(Br)cc1Oc1cc(Cl)ccc1[C@H]1CC(=O)N(c2cc(C(N)=O)ccn2)C1.Cc1cc(C)cc(Oc2cc(Cl)ccc2[C@H]2CC(=O)N(c3cc(C(N)=O)cc(C4CCCO4)n3)C2)c1.Cc1cc(C)cc(Oc2cc(Cl)ccc2[C@H]2CC(=O)N(c3cc(C(N)=O)ccn3)C2)c1.Cc1ccccc1Oc1cc(Cl)ccc1[C@H]1CC(=O)N(c2cccc(C(N)=O)c2)C1. The number of halogens is 5. The van der Waals surface area contributed by atoms with Crippen LogP contribution in [0.15, 0.2) is 229 Å².